The van der Waals surface area contributed by atoms with Crippen molar-refractivity contribution in [3.8, 4) is 11.3 Å². The third-order valence-electron chi connectivity index (χ3n) is 2.37. The molecule has 16 heavy (non-hydrogen) atoms. The maximum Gasteiger partial charge on any atom is 0.231 e. The van der Waals surface area contributed by atoms with E-state index in [4.69, 9.17) is 27.7 Å². The lowest BCUT2D eigenvalue weighted by Gasteiger charge is -2.02. The Labute approximate surface area is 104 Å². The number of alkyl halides is 1. The topological polar surface area (TPSA) is 26.0 Å². The van der Waals surface area contributed by atoms with Gasteiger partial charge >= 0.3 is 0 Å². The zero-order chi connectivity index (χ0) is 11.7. The van der Waals surface area contributed by atoms with Crippen LogP contribution in [0.4, 0.5) is 0 Å². The average molecular weight is 256 g/mol. The fourth-order valence-electron chi connectivity index (χ4n) is 1.74. The van der Waals surface area contributed by atoms with E-state index in [2.05, 4.69) is 11.2 Å². The summed E-state index contributed by atoms with van der Waals surface area (Å²) in [5.41, 5.74) is 4.81. The second-order valence-corrected chi connectivity index (χ2v) is 4.40. The van der Waals surface area contributed by atoms with Gasteiger partial charge in [-0.05, 0) is 37.6 Å². The van der Waals surface area contributed by atoms with Crippen molar-refractivity contribution in [2.75, 3.05) is 0 Å². The summed E-state index contributed by atoms with van der Waals surface area (Å²) in [6.07, 6.45) is 0. The second kappa shape index (κ2) is 4.48. The van der Waals surface area contributed by atoms with Crippen molar-refractivity contribution in [3.05, 3.63) is 40.1 Å². The number of nitrogens with zero attached hydrogens (tertiary/aromatic N) is 1. The maximum atomic E-state index is 5.86. The molecule has 2 nitrogen and oxygen atoms in total. The van der Waals surface area contributed by atoms with Crippen molar-refractivity contribution in [3.63, 3.8) is 0 Å². The van der Waals surface area contributed by atoms with E-state index in [1.165, 1.54) is 11.1 Å². The highest BCUT2D eigenvalue weighted by Crippen LogP contribution is 2.30. The van der Waals surface area contributed by atoms with Gasteiger partial charge in [-0.15, -0.1) is 11.6 Å². The van der Waals surface area contributed by atoms with Crippen molar-refractivity contribution in [1.82, 2.24) is 5.16 Å². The van der Waals surface area contributed by atoms with Crippen LogP contribution in [-0.4, -0.2) is 5.16 Å². The van der Waals surface area contributed by atoms with Gasteiger partial charge < -0.3 is 4.52 Å². The summed E-state index contributed by atoms with van der Waals surface area (Å²) in [4.78, 5) is 0. The Hall–Kier alpha value is -0.990. The minimum atomic E-state index is 0.268. The fraction of sp³-hybridized carbons (Fsp3) is 0.250. The first-order valence-electron chi connectivity index (χ1n) is 4.90. The molecule has 1 aromatic carbocycles. The molecule has 0 aliphatic heterocycles. The van der Waals surface area contributed by atoms with E-state index >= 15 is 0 Å². The zero-order valence-electron chi connectivity index (χ0n) is 9.05. The molecule has 0 fully saturated rings. The van der Waals surface area contributed by atoms with Crippen molar-refractivity contribution < 1.29 is 4.52 Å². The quantitative estimate of drug-likeness (QED) is 0.746. The van der Waals surface area contributed by atoms with E-state index in [1.54, 1.807) is 0 Å². The minimum Gasteiger partial charge on any atom is -0.343 e. The maximum absolute atomic E-state index is 5.86. The van der Waals surface area contributed by atoms with Gasteiger partial charge in [-0.2, -0.15) is 0 Å². The number of benzene rings is 1. The first kappa shape index (κ1) is 11.5. The summed E-state index contributed by atoms with van der Waals surface area (Å²) in [6, 6.07) is 6.18. The smallest absolute Gasteiger partial charge is 0.231 e. The van der Waals surface area contributed by atoms with Gasteiger partial charge in [0.1, 0.15) is 5.69 Å². The molecule has 4 heteroatoms. The number of hydrogen-bond acceptors (Lipinski definition) is 2. The Kier molecular flexibility index (Phi) is 3.22. The molecule has 0 atom stereocenters. The van der Waals surface area contributed by atoms with Crippen molar-refractivity contribution >= 4 is 23.2 Å². The predicted octanol–water partition coefficient (Wildman–Crippen LogP) is 4.35. The summed E-state index contributed by atoms with van der Waals surface area (Å²) in [7, 11) is 0. The number of halogens is 2. The SMILES string of the molecule is Cc1cc(C)cc(-c2noc(Cl)c2CCl)c1. The molecule has 1 aromatic heterocycles. The van der Waals surface area contributed by atoms with Crippen LogP contribution in [0.5, 0.6) is 0 Å². The van der Waals surface area contributed by atoms with Crippen LogP contribution < -0.4 is 0 Å². The van der Waals surface area contributed by atoms with Gasteiger partial charge in [0, 0.05) is 5.56 Å². The minimum absolute atomic E-state index is 0.268. The summed E-state index contributed by atoms with van der Waals surface area (Å²) in [6.45, 7) is 4.08. The molecule has 0 N–H and O–H groups in total. The van der Waals surface area contributed by atoms with E-state index in [0.29, 0.717) is 5.88 Å². The van der Waals surface area contributed by atoms with Gasteiger partial charge in [-0.1, -0.05) is 22.3 Å². The van der Waals surface area contributed by atoms with Crippen LogP contribution >= 0.6 is 23.2 Å². The van der Waals surface area contributed by atoms with Crippen LogP contribution in [0.2, 0.25) is 5.22 Å². The van der Waals surface area contributed by atoms with Gasteiger partial charge in [0.2, 0.25) is 5.22 Å². The molecular weight excluding hydrogens is 245 g/mol. The summed E-state index contributed by atoms with van der Waals surface area (Å²) < 4.78 is 4.95. The number of aryl methyl sites for hydroxylation is 2. The lowest BCUT2D eigenvalue weighted by Crippen LogP contribution is -1.86. The number of rotatable bonds is 2. The summed E-state index contributed by atoms with van der Waals surface area (Å²) in [5, 5.41) is 4.22. The van der Waals surface area contributed by atoms with Crippen LogP contribution in [0.3, 0.4) is 0 Å². The molecule has 2 aromatic rings. The van der Waals surface area contributed by atoms with Crippen LogP contribution in [0, 0.1) is 13.8 Å². The third kappa shape index (κ3) is 2.08. The first-order chi connectivity index (χ1) is 7.61. The fourth-order valence-corrected chi connectivity index (χ4v) is 2.25. The van der Waals surface area contributed by atoms with Gasteiger partial charge in [0.25, 0.3) is 0 Å². The van der Waals surface area contributed by atoms with E-state index < -0.39 is 0 Å². The Morgan fingerprint density at radius 2 is 1.81 bits per heavy atom. The molecule has 0 radical (unpaired) electrons. The van der Waals surface area contributed by atoms with Gasteiger partial charge in [0.15, 0.2) is 0 Å². The van der Waals surface area contributed by atoms with Crippen LogP contribution in [0.15, 0.2) is 22.7 Å². The molecule has 0 saturated heterocycles. The van der Waals surface area contributed by atoms with E-state index in [-0.39, 0.29) is 5.22 Å². The lowest BCUT2D eigenvalue weighted by atomic mass is 10.0. The van der Waals surface area contributed by atoms with Crippen LogP contribution in [-0.2, 0) is 5.88 Å². The van der Waals surface area contributed by atoms with Crippen molar-refractivity contribution in [1.29, 1.82) is 0 Å². The predicted molar refractivity (Wildman–Crippen MR) is 66.0 cm³/mol. The molecule has 1 heterocycles. The lowest BCUT2D eigenvalue weighted by molar-refractivity contribution is 0.423. The number of aromatic nitrogens is 1. The van der Waals surface area contributed by atoms with E-state index in [9.17, 15) is 0 Å². The summed E-state index contributed by atoms with van der Waals surface area (Å²) in [5.74, 6) is 0.296. The molecule has 2 rings (SSSR count). The molecular formula is C12H11Cl2NO. The van der Waals surface area contributed by atoms with E-state index in [0.717, 1.165) is 16.8 Å². The van der Waals surface area contributed by atoms with Gasteiger partial charge in [-0.3, -0.25) is 0 Å². The Morgan fingerprint density at radius 1 is 1.19 bits per heavy atom. The highest BCUT2D eigenvalue weighted by molar-refractivity contribution is 6.31. The second-order valence-electron chi connectivity index (χ2n) is 3.79. The molecule has 0 aliphatic carbocycles. The normalized spacial score (nSPS) is 10.8. The third-order valence-corrected chi connectivity index (χ3v) is 2.93. The van der Waals surface area contributed by atoms with Gasteiger partial charge in [0.05, 0.1) is 11.4 Å². The molecule has 84 valence electrons. The summed E-state index contributed by atoms with van der Waals surface area (Å²) >= 11 is 11.7. The monoisotopic (exact) mass is 255 g/mol. The molecule has 0 aliphatic rings. The van der Waals surface area contributed by atoms with Crippen LogP contribution in [0.25, 0.3) is 11.3 Å². The Balaban J connectivity index is 2.58. The molecule has 0 spiro atoms. The molecule has 0 amide bonds. The van der Waals surface area contributed by atoms with Crippen molar-refractivity contribution in [2.45, 2.75) is 19.7 Å². The van der Waals surface area contributed by atoms with Gasteiger partial charge in [-0.25, -0.2) is 0 Å². The highest BCUT2D eigenvalue weighted by Gasteiger charge is 2.15. The first-order valence-corrected chi connectivity index (χ1v) is 5.81. The van der Waals surface area contributed by atoms with Crippen LogP contribution in [0.1, 0.15) is 16.7 Å². The Morgan fingerprint density at radius 3 is 2.38 bits per heavy atom. The highest BCUT2D eigenvalue weighted by atomic mass is 35.5. The number of hydrogen-bond donors (Lipinski definition) is 0. The Bertz CT molecular complexity index is 499. The standard InChI is InChI=1S/C12H11Cl2NO/c1-7-3-8(2)5-9(4-7)11-10(6-13)12(14)16-15-11/h3-5H,6H2,1-2H3. The molecule has 0 bridgehead atoms. The largest absolute Gasteiger partial charge is 0.343 e. The van der Waals surface area contributed by atoms with Crippen molar-refractivity contribution in [2.24, 2.45) is 0 Å². The molecule has 0 unspecified atom stereocenters. The zero-order valence-corrected chi connectivity index (χ0v) is 10.6. The molecule has 0 saturated carbocycles. The van der Waals surface area contributed by atoms with E-state index in [1.807, 2.05) is 26.0 Å². The average Bonchev–Trinajstić information content (AvgIpc) is 2.58.